The van der Waals surface area contributed by atoms with E-state index in [2.05, 4.69) is 15.0 Å². The lowest BCUT2D eigenvalue weighted by Gasteiger charge is -2.07. The molecule has 0 atom stereocenters. The second-order valence-corrected chi connectivity index (χ2v) is 6.15. The van der Waals surface area contributed by atoms with Gasteiger partial charge in [0.2, 0.25) is 0 Å². The summed E-state index contributed by atoms with van der Waals surface area (Å²) >= 11 is 0. The van der Waals surface area contributed by atoms with Gasteiger partial charge in [-0.05, 0) is 49.4 Å². The molecule has 0 aliphatic carbocycles. The highest BCUT2D eigenvalue weighted by Crippen LogP contribution is 2.26. The number of oxazole rings is 1. The minimum absolute atomic E-state index is 0.655. The van der Waals surface area contributed by atoms with Crippen molar-refractivity contribution in [3.63, 3.8) is 0 Å². The van der Waals surface area contributed by atoms with Gasteiger partial charge in [0, 0.05) is 24.9 Å². The van der Waals surface area contributed by atoms with Crippen molar-refractivity contribution in [1.82, 2.24) is 24.5 Å². The Bertz CT molecular complexity index is 1250. The highest BCUT2D eigenvalue weighted by atomic mass is 16.3. The molecule has 0 saturated carbocycles. The van der Waals surface area contributed by atoms with E-state index in [0.717, 1.165) is 45.0 Å². The first-order valence-electron chi connectivity index (χ1n) is 8.33. The number of fused-ring (bicyclic) bond motifs is 2. The van der Waals surface area contributed by atoms with Gasteiger partial charge in [-0.3, -0.25) is 9.55 Å². The second kappa shape index (κ2) is 5.49. The molecule has 1 aromatic carbocycles. The third-order valence-electron chi connectivity index (χ3n) is 4.38. The van der Waals surface area contributed by atoms with Crippen molar-refractivity contribution in [3.8, 4) is 16.9 Å². The third-order valence-corrected chi connectivity index (χ3v) is 4.38. The van der Waals surface area contributed by atoms with E-state index >= 15 is 0 Å². The first kappa shape index (κ1) is 14.8. The molecule has 0 saturated heterocycles. The van der Waals surface area contributed by atoms with Gasteiger partial charge in [0.05, 0.1) is 11.4 Å². The summed E-state index contributed by atoms with van der Waals surface area (Å²) in [6.07, 6.45) is 3.54. The molecule has 26 heavy (non-hydrogen) atoms. The lowest BCUT2D eigenvalue weighted by Crippen LogP contribution is -1.98. The van der Waals surface area contributed by atoms with Gasteiger partial charge in [-0.2, -0.15) is 0 Å². The van der Waals surface area contributed by atoms with Gasteiger partial charge in [-0.25, -0.2) is 15.0 Å². The Morgan fingerprint density at radius 1 is 0.846 bits per heavy atom. The summed E-state index contributed by atoms with van der Waals surface area (Å²) in [4.78, 5) is 18.0. The Morgan fingerprint density at radius 3 is 2.54 bits per heavy atom. The highest BCUT2D eigenvalue weighted by Gasteiger charge is 2.13. The van der Waals surface area contributed by atoms with Crippen LogP contribution in [-0.4, -0.2) is 24.5 Å². The normalized spacial score (nSPS) is 11.5. The molecule has 5 rings (SSSR count). The van der Waals surface area contributed by atoms with Gasteiger partial charge < -0.3 is 4.42 Å². The zero-order valence-corrected chi connectivity index (χ0v) is 14.3. The molecular weight excluding hydrogens is 326 g/mol. The largest absolute Gasteiger partial charge is 0.441 e. The van der Waals surface area contributed by atoms with Gasteiger partial charge >= 0.3 is 0 Å². The lowest BCUT2D eigenvalue weighted by molar-refractivity contribution is 0.561. The fraction of sp³-hybridized carbons (Fsp3) is 0.100. The first-order valence-corrected chi connectivity index (χ1v) is 8.33. The monoisotopic (exact) mass is 341 g/mol. The van der Waals surface area contributed by atoms with Crippen LogP contribution in [0.1, 0.15) is 11.7 Å². The van der Waals surface area contributed by atoms with Crippen LogP contribution in [0.4, 0.5) is 0 Å². The molecule has 0 aliphatic rings. The number of rotatable bonds is 2. The number of pyridine rings is 2. The summed E-state index contributed by atoms with van der Waals surface area (Å²) in [5.74, 6) is 1.53. The molecule has 6 nitrogen and oxygen atoms in total. The van der Waals surface area contributed by atoms with Gasteiger partial charge in [0.25, 0.3) is 0 Å². The average molecular weight is 341 g/mol. The molecule has 0 radical (unpaired) electrons. The van der Waals surface area contributed by atoms with E-state index in [1.165, 1.54) is 0 Å². The Labute approximate surface area is 149 Å². The minimum Gasteiger partial charge on any atom is -0.441 e. The quantitative estimate of drug-likeness (QED) is 0.480. The van der Waals surface area contributed by atoms with Crippen molar-refractivity contribution >= 4 is 22.3 Å². The Kier molecular flexibility index (Phi) is 3.12. The summed E-state index contributed by atoms with van der Waals surface area (Å²) in [6.45, 7) is 3.83. The number of imidazole rings is 1. The van der Waals surface area contributed by atoms with Gasteiger partial charge in [0.15, 0.2) is 17.1 Å². The van der Waals surface area contributed by atoms with Crippen LogP contribution in [0, 0.1) is 13.8 Å². The Balaban J connectivity index is 1.74. The van der Waals surface area contributed by atoms with Crippen LogP contribution in [0.3, 0.4) is 0 Å². The minimum atomic E-state index is 0.655. The molecule has 0 bridgehead atoms. The maximum Gasteiger partial charge on any atom is 0.192 e. The van der Waals surface area contributed by atoms with Crippen LogP contribution in [0.15, 0.2) is 59.3 Å². The first-order chi connectivity index (χ1) is 12.7. The van der Waals surface area contributed by atoms with Crippen molar-refractivity contribution in [1.29, 1.82) is 0 Å². The molecule has 0 amide bonds. The van der Waals surface area contributed by atoms with Crippen LogP contribution in [0.2, 0.25) is 0 Å². The zero-order chi connectivity index (χ0) is 17.7. The van der Waals surface area contributed by atoms with E-state index in [1.54, 1.807) is 12.4 Å². The van der Waals surface area contributed by atoms with Crippen molar-refractivity contribution in [2.45, 2.75) is 13.8 Å². The topological polar surface area (TPSA) is 69.6 Å². The molecule has 4 aromatic heterocycles. The van der Waals surface area contributed by atoms with E-state index in [9.17, 15) is 0 Å². The van der Waals surface area contributed by atoms with E-state index < -0.39 is 0 Å². The second-order valence-electron chi connectivity index (χ2n) is 6.15. The van der Waals surface area contributed by atoms with Crippen LogP contribution >= 0.6 is 0 Å². The van der Waals surface area contributed by atoms with Crippen molar-refractivity contribution in [2.75, 3.05) is 0 Å². The van der Waals surface area contributed by atoms with Crippen molar-refractivity contribution < 1.29 is 4.42 Å². The Hall–Kier alpha value is -3.54. The molecule has 126 valence electrons. The summed E-state index contributed by atoms with van der Waals surface area (Å²) < 4.78 is 7.62. The molecule has 4 heterocycles. The van der Waals surface area contributed by atoms with Crippen LogP contribution in [-0.2, 0) is 0 Å². The van der Waals surface area contributed by atoms with Gasteiger partial charge in [-0.1, -0.05) is 0 Å². The molecular formula is C20H15N5O. The van der Waals surface area contributed by atoms with Crippen molar-refractivity contribution in [3.05, 3.63) is 66.6 Å². The molecule has 5 aromatic rings. The summed E-state index contributed by atoms with van der Waals surface area (Å²) in [6, 6.07) is 13.8. The molecule has 0 aliphatic heterocycles. The number of benzene rings is 1. The van der Waals surface area contributed by atoms with Crippen LogP contribution < -0.4 is 0 Å². The van der Waals surface area contributed by atoms with Crippen LogP contribution in [0.5, 0.6) is 0 Å². The fourth-order valence-corrected chi connectivity index (χ4v) is 3.23. The molecule has 0 N–H and O–H groups in total. The average Bonchev–Trinajstić information content (AvgIpc) is 3.19. The van der Waals surface area contributed by atoms with E-state index in [1.807, 2.05) is 60.9 Å². The predicted molar refractivity (Wildman–Crippen MR) is 99.1 cm³/mol. The standard InChI is InChI=1S/C20H15N5O/c1-12-22-17-5-4-16(14-7-9-21-10-8-14)24-20(17)25(12)15-3-6-19-18(11-15)23-13(2)26-19/h3-11H,1-2H3. The summed E-state index contributed by atoms with van der Waals surface area (Å²) in [5.41, 5.74) is 6.15. The van der Waals surface area contributed by atoms with Gasteiger partial charge in [0.1, 0.15) is 16.9 Å². The fourth-order valence-electron chi connectivity index (χ4n) is 3.23. The zero-order valence-electron chi connectivity index (χ0n) is 14.3. The van der Waals surface area contributed by atoms with E-state index in [4.69, 9.17) is 9.40 Å². The number of aromatic nitrogens is 5. The molecule has 0 spiro atoms. The maximum atomic E-state index is 5.58. The number of nitrogens with zero attached hydrogens (tertiary/aromatic N) is 5. The third kappa shape index (κ3) is 2.27. The molecule has 6 heteroatoms. The Morgan fingerprint density at radius 2 is 1.69 bits per heavy atom. The predicted octanol–water partition coefficient (Wildman–Crippen LogP) is 4.24. The van der Waals surface area contributed by atoms with E-state index in [0.29, 0.717) is 5.89 Å². The molecule has 0 unspecified atom stereocenters. The lowest BCUT2D eigenvalue weighted by atomic mass is 10.2. The van der Waals surface area contributed by atoms with Crippen LogP contribution in [0.25, 0.3) is 39.2 Å². The summed E-state index contributed by atoms with van der Waals surface area (Å²) in [5, 5.41) is 0. The molecule has 0 fully saturated rings. The number of hydrogen-bond donors (Lipinski definition) is 0. The summed E-state index contributed by atoms with van der Waals surface area (Å²) in [7, 11) is 0. The van der Waals surface area contributed by atoms with E-state index in [-0.39, 0.29) is 0 Å². The maximum absolute atomic E-state index is 5.58. The number of hydrogen-bond acceptors (Lipinski definition) is 5. The smallest absolute Gasteiger partial charge is 0.192 e. The van der Waals surface area contributed by atoms with Gasteiger partial charge in [-0.15, -0.1) is 0 Å². The SMILES string of the molecule is Cc1nc2cc(-n3c(C)nc4ccc(-c5ccncc5)nc43)ccc2o1. The van der Waals surface area contributed by atoms with Crippen molar-refractivity contribution in [2.24, 2.45) is 0 Å². The highest BCUT2D eigenvalue weighted by molar-refractivity contribution is 5.80. The number of aryl methyl sites for hydroxylation is 2.